The second-order valence-corrected chi connectivity index (χ2v) is 5.50. The fraction of sp³-hybridized carbons (Fsp3) is 0.400. The molecule has 0 amide bonds. The summed E-state index contributed by atoms with van der Waals surface area (Å²) in [7, 11) is 1.87. The van der Waals surface area contributed by atoms with E-state index in [9.17, 15) is 0 Å². The van der Waals surface area contributed by atoms with Crippen molar-refractivity contribution >= 4 is 11.6 Å². The van der Waals surface area contributed by atoms with E-state index in [1.54, 1.807) is 4.68 Å². The molecule has 1 aromatic carbocycles. The number of ether oxygens (including phenoxy) is 1. The van der Waals surface area contributed by atoms with Crippen LogP contribution < -0.4 is 4.74 Å². The van der Waals surface area contributed by atoms with Gasteiger partial charge in [0.05, 0.1) is 5.69 Å². The zero-order valence-electron chi connectivity index (χ0n) is 11.8. The van der Waals surface area contributed by atoms with E-state index in [1.165, 1.54) is 5.56 Å². The Labute approximate surface area is 123 Å². The third kappa shape index (κ3) is 2.53. The minimum atomic E-state index is 0.702. The third-order valence-corrected chi connectivity index (χ3v) is 4.16. The summed E-state index contributed by atoms with van der Waals surface area (Å²) in [6.45, 7) is 5.27. The smallest absolute Gasteiger partial charge is 0.131 e. The lowest BCUT2D eigenvalue weighted by Crippen LogP contribution is -2.25. The molecule has 0 bridgehead atoms. The number of benzene rings is 1. The van der Waals surface area contributed by atoms with Crippen LogP contribution in [0.3, 0.4) is 0 Å². The summed E-state index contributed by atoms with van der Waals surface area (Å²) in [6.07, 6.45) is 0. The summed E-state index contributed by atoms with van der Waals surface area (Å²) in [5, 5.41) is 5.09. The summed E-state index contributed by atoms with van der Waals surface area (Å²) in [5.74, 6) is 0.990. The third-order valence-electron chi connectivity index (χ3n) is 3.68. The van der Waals surface area contributed by atoms with Crippen LogP contribution in [0.1, 0.15) is 16.8 Å². The molecule has 0 atom stereocenters. The van der Waals surface area contributed by atoms with E-state index < -0.39 is 0 Å². The largest absolute Gasteiger partial charge is 0.492 e. The van der Waals surface area contributed by atoms with Gasteiger partial charge in [0, 0.05) is 37.8 Å². The molecule has 0 fully saturated rings. The highest BCUT2D eigenvalue weighted by Crippen LogP contribution is 2.26. The highest BCUT2D eigenvalue weighted by molar-refractivity contribution is 6.30. The first-order valence-electron chi connectivity index (χ1n) is 6.76. The lowest BCUT2D eigenvalue weighted by atomic mass is 10.1. The van der Waals surface area contributed by atoms with Crippen LogP contribution in [0, 0.1) is 6.92 Å². The highest BCUT2D eigenvalue weighted by Gasteiger charge is 2.19. The van der Waals surface area contributed by atoms with Gasteiger partial charge in [0.25, 0.3) is 0 Å². The fourth-order valence-corrected chi connectivity index (χ4v) is 2.83. The van der Waals surface area contributed by atoms with Crippen LogP contribution in [-0.4, -0.2) is 27.8 Å². The predicted octanol–water partition coefficient (Wildman–Crippen LogP) is 2.78. The van der Waals surface area contributed by atoms with E-state index >= 15 is 0 Å². The lowest BCUT2D eigenvalue weighted by Gasteiger charge is -2.19. The Morgan fingerprint density at radius 3 is 2.90 bits per heavy atom. The topological polar surface area (TPSA) is 30.3 Å². The van der Waals surface area contributed by atoms with Crippen molar-refractivity contribution in [3.63, 3.8) is 0 Å². The van der Waals surface area contributed by atoms with E-state index in [-0.39, 0.29) is 0 Å². The van der Waals surface area contributed by atoms with Crippen LogP contribution in [0.4, 0.5) is 0 Å². The van der Waals surface area contributed by atoms with E-state index in [4.69, 9.17) is 16.3 Å². The molecule has 4 nitrogen and oxygen atoms in total. The number of hydrogen-bond donors (Lipinski definition) is 0. The summed E-state index contributed by atoms with van der Waals surface area (Å²) in [4.78, 5) is 2.35. The van der Waals surface area contributed by atoms with Crippen LogP contribution in [-0.2, 0) is 20.1 Å². The van der Waals surface area contributed by atoms with Crippen LogP contribution in [0.25, 0.3) is 0 Å². The molecule has 1 aliphatic rings. The van der Waals surface area contributed by atoms with Gasteiger partial charge in [-0.05, 0) is 13.0 Å². The fourth-order valence-electron chi connectivity index (χ4n) is 2.59. The van der Waals surface area contributed by atoms with Crippen molar-refractivity contribution in [2.24, 2.45) is 7.05 Å². The Bertz CT molecular complexity index is 624. The molecular weight excluding hydrogens is 274 g/mol. The quantitative estimate of drug-likeness (QED) is 0.852. The molecule has 2 heterocycles. The van der Waals surface area contributed by atoms with Crippen LogP contribution in [0.5, 0.6) is 5.75 Å². The average molecular weight is 292 g/mol. The Morgan fingerprint density at radius 1 is 1.35 bits per heavy atom. The van der Waals surface area contributed by atoms with Crippen molar-refractivity contribution in [1.82, 2.24) is 14.7 Å². The zero-order valence-corrected chi connectivity index (χ0v) is 12.5. The average Bonchev–Trinajstić information content (AvgIpc) is 2.62. The summed E-state index contributed by atoms with van der Waals surface area (Å²) >= 11 is 6.32. The minimum absolute atomic E-state index is 0.702. The maximum atomic E-state index is 6.32. The molecule has 3 rings (SSSR count). The van der Waals surface area contributed by atoms with Gasteiger partial charge in [-0.2, -0.15) is 5.10 Å². The SMILES string of the molecule is Cc1nn(C)c(Cl)c1CN1CCOc2ccccc2C1. The number of aromatic nitrogens is 2. The van der Waals surface area contributed by atoms with Crippen molar-refractivity contribution in [1.29, 1.82) is 0 Å². The Morgan fingerprint density at radius 2 is 2.15 bits per heavy atom. The number of rotatable bonds is 2. The summed E-state index contributed by atoms with van der Waals surface area (Å²) < 4.78 is 7.52. The summed E-state index contributed by atoms with van der Waals surface area (Å²) in [5.41, 5.74) is 3.33. The van der Waals surface area contributed by atoms with Gasteiger partial charge < -0.3 is 4.74 Å². The first-order chi connectivity index (χ1) is 9.65. The number of halogens is 1. The molecule has 20 heavy (non-hydrogen) atoms. The van der Waals surface area contributed by atoms with E-state index in [2.05, 4.69) is 16.1 Å². The predicted molar refractivity (Wildman–Crippen MR) is 79.0 cm³/mol. The number of nitrogens with zero attached hydrogens (tertiary/aromatic N) is 3. The van der Waals surface area contributed by atoms with Gasteiger partial charge >= 0.3 is 0 Å². The highest BCUT2D eigenvalue weighted by atomic mass is 35.5. The van der Waals surface area contributed by atoms with Crippen molar-refractivity contribution in [2.75, 3.05) is 13.2 Å². The molecule has 0 radical (unpaired) electrons. The Hall–Kier alpha value is -1.52. The maximum absolute atomic E-state index is 6.32. The van der Waals surface area contributed by atoms with Gasteiger partial charge in [-0.3, -0.25) is 9.58 Å². The molecule has 0 saturated heterocycles. The van der Waals surface area contributed by atoms with Gasteiger partial charge in [0.1, 0.15) is 17.5 Å². The molecular formula is C15H18ClN3O. The van der Waals surface area contributed by atoms with Crippen molar-refractivity contribution in [2.45, 2.75) is 20.0 Å². The molecule has 106 valence electrons. The van der Waals surface area contributed by atoms with Crippen LogP contribution in [0.15, 0.2) is 24.3 Å². The first kappa shape index (κ1) is 13.5. The Kier molecular flexibility index (Phi) is 3.68. The van der Waals surface area contributed by atoms with Crippen molar-refractivity contribution in [3.8, 4) is 5.75 Å². The van der Waals surface area contributed by atoms with Crippen LogP contribution >= 0.6 is 11.6 Å². The Balaban J connectivity index is 1.82. The second kappa shape index (κ2) is 5.46. The molecule has 0 spiro atoms. The van der Waals surface area contributed by atoms with E-state index in [0.717, 1.165) is 41.8 Å². The van der Waals surface area contributed by atoms with Crippen molar-refractivity contribution in [3.05, 3.63) is 46.2 Å². The lowest BCUT2D eigenvalue weighted by molar-refractivity contribution is 0.219. The number of aryl methyl sites for hydroxylation is 2. The van der Waals surface area contributed by atoms with Crippen molar-refractivity contribution < 1.29 is 4.74 Å². The van der Waals surface area contributed by atoms with Gasteiger partial charge in [-0.15, -0.1) is 0 Å². The molecule has 0 N–H and O–H groups in total. The van der Waals surface area contributed by atoms with Gasteiger partial charge in [0.15, 0.2) is 0 Å². The van der Waals surface area contributed by atoms with E-state index in [1.807, 2.05) is 32.2 Å². The summed E-state index contributed by atoms with van der Waals surface area (Å²) in [6, 6.07) is 8.21. The van der Waals surface area contributed by atoms with Gasteiger partial charge in [-0.1, -0.05) is 29.8 Å². The molecule has 1 aliphatic heterocycles. The van der Waals surface area contributed by atoms with E-state index in [0.29, 0.717) is 6.61 Å². The van der Waals surface area contributed by atoms with Crippen LogP contribution in [0.2, 0.25) is 5.15 Å². The first-order valence-corrected chi connectivity index (χ1v) is 7.14. The zero-order chi connectivity index (χ0) is 14.1. The molecule has 0 aliphatic carbocycles. The van der Waals surface area contributed by atoms with Gasteiger partial charge in [-0.25, -0.2) is 0 Å². The molecule has 2 aromatic rings. The number of fused-ring (bicyclic) bond motifs is 1. The molecule has 1 aromatic heterocycles. The van der Waals surface area contributed by atoms with Gasteiger partial charge in [0.2, 0.25) is 0 Å². The number of hydrogen-bond acceptors (Lipinski definition) is 3. The second-order valence-electron chi connectivity index (χ2n) is 5.15. The normalized spacial score (nSPS) is 15.6. The minimum Gasteiger partial charge on any atom is -0.492 e. The standard InChI is InChI=1S/C15H18ClN3O/c1-11-13(15(16)18(2)17-11)10-19-7-8-20-14-6-4-3-5-12(14)9-19/h3-6H,7-10H2,1-2H3. The maximum Gasteiger partial charge on any atom is 0.131 e. The monoisotopic (exact) mass is 291 g/mol. The molecule has 0 unspecified atom stereocenters. The molecule has 0 saturated carbocycles. The molecule has 5 heteroatoms. The number of para-hydroxylation sites is 1.